The van der Waals surface area contributed by atoms with E-state index in [9.17, 15) is 14.7 Å². The molecule has 20 heavy (non-hydrogen) atoms. The minimum absolute atomic E-state index is 0.329. The molecule has 1 aromatic carbocycles. The fourth-order valence-corrected chi connectivity index (χ4v) is 2.12. The van der Waals surface area contributed by atoms with Gasteiger partial charge in [-0.15, -0.1) is 0 Å². The minimum Gasteiger partial charge on any atom is -0.486 e. The van der Waals surface area contributed by atoms with Crippen molar-refractivity contribution < 1.29 is 24.2 Å². The summed E-state index contributed by atoms with van der Waals surface area (Å²) < 4.78 is 10.9. The number of fused-ring (bicyclic) bond motifs is 1. The van der Waals surface area contributed by atoms with Crippen molar-refractivity contribution in [1.29, 1.82) is 0 Å². The van der Waals surface area contributed by atoms with Gasteiger partial charge in [-0.05, 0) is 24.6 Å². The molecule has 0 saturated carbocycles. The van der Waals surface area contributed by atoms with Crippen LogP contribution < -0.4 is 9.47 Å². The molecule has 1 heterocycles. The van der Waals surface area contributed by atoms with Gasteiger partial charge in [0, 0.05) is 14.0 Å². The number of hydrogen-bond donors (Lipinski definition) is 1. The number of hydrogen-bond acceptors (Lipinski definition) is 4. The molecule has 0 aromatic heterocycles. The topological polar surface area (TPSA) is 76.1 Å². The van der Waals surface area contributed by atoms with Gasteiger partial charge in [-0.2, -0.15) is 0 Å². The Morgan fingerprint density at radius 1 is 1.25 bits per heavy atom. The van der Waals surface area contributed by atoms with E-state index in [0.29, 0.717) is 30.3 Å². The van der Waals surface area contributed by atoms with Crippen LogP contribution in [0.5, 0.6) is 11.5 Å². The second-order valence-corrected chi connectivity index (χ2v) is 4.81. The van der Waals surface area contributed by atoms with E-state index in [1.54, 1.807) is 18.2 Å². The average Bonchev–Trinajstić information content (AvgIpc) is 2.44. The molecule has 0 saturated heterocycles. The Labute approximate surface area is 116 Å². The Morgan fingerprint density at radius 2 is 1.85 bits per heavy atom. The van der Waals surface area contributed by atoms with Crippen LogP contribution >= 0.6 is 0 Å². The number of likely N-dealkylation sites (N-methyl/N-ethyl adjacent to an activating group) is 1. The lowest BCUT2D eigenvalue weighted by Crippen LogP contribution is -2.49. The molecule has 0 spiro atoms. The Morgan fingerprint density at radius 3 is 2.40 bits per heavy atom. The third-order valence-corrected chi connectivity index (χ3v) is 3.66. The van der Waals surface area contributed by atoms with Crippen LogP contribution in [0.1, 0.15) is 19.4 Å². The van der Waals surface area contributed by atoms with Crippen LogP contribution in [0, 0.1) is 0 Å². The molecule has 1 amide bonds. The molecule has 0 bridgehead atoms. The zero-order chi connectivity index (χ0) is 14.9. The van der Waals surface area contributed by atoms with Gasteiger partial charge in [0.1, 0.15) is 13.2 Å². The van der Waals surface area contributed by atoms with Crippen LogP contribution in [0.2, 0.25) is 0 Å². The molecule has 1 N–H and O–H groups in total. The predicted octanol–water partition coefficient (Wildman–Crippen LogP) is 1.24. The van der Waals surface area contributed by atoms with Gasteiger partial charge in [0.2, 0.25) is 5.91 Å². The Hall–Kier alpha value is -2.24. The van der Waals surface area contributed by atoms with Crippen molar-refractivity contribution in [3.05, 3.63) is 23.8 Å². The molecular weight excluding hydrogens is 262 g/mol. The first kappa shape index (κ1) is 14.2. The fourth-order valence-electron chi connectivity index (χ4n) is 2.12. The van der Waals surface area contributed by atoms with Crippen LogP contribution in [0.3, 0.4) is 0 Å². The highest BCUT2D eigenvalue weighted by molar-refractivity contribution is 5.87. The van der Waals surface area contributed by atoms with Gasteiger partial charge in [-0.1, -0.05) is 6.07 Å². The summed E-state index contributed by atoms with van der Waals surface area (Å²) in [5.41, 5.74) is -0.992. The van der Waals surface area contributed by atoms with E-state index in [1.807, 2.05) is 0 Å². The lowest BCUT2D eigenvalue weighted by molar-refractivity contribution is -0.156. The lowest BCUT2D eigenvalue weighted by atomic mass is 9.90. The van der Waals surface area contributed by atoms with Crippen molar-refractivity contribution in [2.45, 2.75) is 19.4 Å². The molecule has 0 fully saturated rings. The summed E-state index contributed by atoms with van der Waals surface area (Å²) in [7, 11) is 1.47. The van der Waals surface area contributed by atoms with E-state index >= 15 is 0 Å². The standard InChI is InChI=1S/C14H17NO5/c1-9(16)15(3)14(2,13(17)18)10-4-5-11-12(8-10)20-7-6-19-11/h4-5,8H,6-7H2,1-3H3,(H,17,18). The summed E-state index contributed by atoms with van der Waals surface area (Å²) in [4.78, 5) is 24.4. The van der Waals surface area contributed by atoms with Gasteiger partial charge >= 0.3 is 5.97 Å². The van der Waals surface area contributed by atoms with Gasteiger partial charge in [0.15, 0.2) is 17.0 Å². The monoisotopic (exact) mass is 279 g/mol. The zero-order valence-corrected chi connectivity index (χ0v) is 11.7. The number of carboxylic acids is 1. The molecule has 1 atom stereocenters. The molecule has 108 valence electrons. The Balaban J connectivity index is 2.50. The molecule has 1 aliphatic heterocycles. The van der Waals surface area contributed by atoms with Crippen LogP contribution in [0.15, 0.2) is 18.2 Å². The summed E-state index contributed by atoms with van der Waals surface area (Å²) in [6.07, 6.45) is 0. The smallest absolute Gasteiger partial charge is 0.334 e. The number of amides is 1. The Bertz CT molecular complexity index is 556. The molecule has 1 unspecified atom stereocenters. The second-order valence-electron chi connectivity index (χ2n) is 4.81. The lowest BCUT2D eigenvalue weighted by Gasteiger charge is -2.35. The third kappa shape index (κ3) is 2.17. The summed E-state index contributed by atoms with van der Waals surface area (Å²) >= 11 is 0. The number of rotatable bonds is 3. The Kier molecular flexibility index (Phi) is 3.57. The molecule has 2 rings (SSSR count). The SMILES string of the molecule is CC(=O)N(C)C(C)(C(=O)O)c1ccc2c(c1)OCCO2. The quantitative estimate of drug-likeness (QED) is 0.900. The van der Waals surface area contributed by atoms with Crippen LogP contribution in [-0.2, 0) is 15.1 Å². The number of carbonyl (C=O) groups excluding carboxylic acids is 1. The van der Waals surface area contributed by atoms with Crippen molar-refractivity contribution in [3.8, 4) is 11.5 Å². The van der Waals surface area contributed by atoms with Gasteiger partial charge in [-0.25, -0.2) is 4.79 Å². The molecule has 1 aromatic rings. The summed E-state index contributed by atoms with van der Waals surface area (Å²) in [6.45, 7) is 3.71. The van der Waals surface area contributed by atoms with E-state index in [4.69, 9.17) is 9.47 Å². The molecule has 6 heteroatoms. The fraction of sp³-hybridized carbons (Fsp3) is 0.429. The average molecular weight is 279 g/mol. The van der Waals surface area contributed by atoms with Gasteiger partial charge in [-0.3, -0.25) is 4.79 Å². The molecule has 0 aliphatic carbocycles. The summed E-state index contributed by atoms with van der Waals surface area (Å²) in [5, 5.41) is 9.54. The molecule has 6 nitrogen and oxygen atoms in total. The number of carboxylic acid groups (broad SMARTS) is 1. The highest BCUT2D eigenvalue weighted by Crippen LogP contribution is 2.36. The second kappa shape index (κ2) is 5.03. The molecule has 1 aliphatic rings. The van der Waals surface area contributed by atoms with E-state index in [0.717, 1.165) is 0 Å². The highest BCUT2D eigenvalue weighted by Gasteiger charge is 2.41. The third-order valence-electron chi connectivity index (χ3n) is 3.66. The summed E-state index contributed by atoms with van der Waals surface area (Å²) in [6, 6.07) is 4.92. The van der Waals surface area contributed by atoms with Gasteiger partial charge in [0.25, 0.3) is 0 Å². The van der Waals surface area contributed by atoms with Crippen LogP contribution in [-0.4, -0.2) is 42.1 Å². The number of benzene rings is 1. The van der Waals surface area contributed by atoms with Crippen molar-refractivity contribution in [2.24, 2.45) is 0 Å². The van der Waals surface area contributed by atoms with E-state index in [-0.39, 0.29) is 5.91 Å². The van der Waals surface area contributed by atoms with E-state index in [2.05, 4.69) is 0 Å². The van der Waals surface area contributed by atoms with E-state index in [1.165, 1.54) is 25.8 Å². The molecular formula is C14H17NO5. The van der Waals surface area contributed by atoms with Crippen molar-refractivity contribution in [1.82, 2.24) is 4.90 Å². The normalized spacial score (nSPS) is 16.1. The minimum atomic E-state index is -1.46. The maximum absolute atomic E-state index is 11.7. The maximum Gasteiger partial charge on any atom is 0.334 e. The number of ether oxygens (including phenoxy) is 2. The van der Waals surface area contributed by atoms with Gasteiger partial charge < -0.3 is 19.5 Å². The van der Waals surface area contributed by atoms with E-state index < -0.39 is 11.5 Å². The van der Waals surface area contributed by atoms with Crippen molar-refractivity contribution >= 4 is 11.9 Å². The highest BCUT2D eigenvalue weighted by atomic mass is 16.6. The number of nitrogens with zero attached hydrogens (tertiary/aromatic N) is 1. The van der Waals surface area contributed by atoms with Crippen molar-refractivity contribution in [2.75, 3.05) is 20.3 Å². The summed E-state index contributed by atoms with van der Waals surface area (Å²) in [5.74, 6) is -0.354. The van der Waals surface area contributed by atoms with Crippen molar-refractivity contribution in [3.63, 3.8) is 0 Å². The zero-order valence-electron chi connectivity index (χ0n) is 11.7. The number of carbonyl (C=O) groups is 2. The first-order valence-corrected chi connectivity index (χ1v) is 6.25. The molecule has 0 radical (unpaired) electrons. The first-order chi connectivity index (χ1) is 9.37. The predicted molar refractivity (Wildman–Crippen MR) is 70.9 cm³/mol. The number of aliphatic carboxylic acids is 1. The largest absolute Gasteiger partial charge is 0.486 e. The maximum atomic E-state index is 11.7. The van der Waals surface area contributed by atoms with Gasteiger partial charge in [0.05, 0.1) is 0 Å². The van der Waals surface area contributed by atoms with Crippen LogP contribution in [0.25, 0.3) is 0 Å². The first-order valence-electron chi connectivity index (χ1n) is 6.25. The van der Waals surface area contributed by atoms with Crippen LogP contribution in [0.4, 0.5) is 0 Å².